The van der Waals surface area contributed by atoms with Crippen LogP contribution in [-0.2, 0) is 4.79 Å². The average molecular weight is 533 g/mol. The zero-order chi connectivity index (χ0) is 27.2. The number of rotatable bonds is 0. The van der Waals surface area contributed by atoms with Gasteiger partial charge in [0.15, 0.2) is 5.78 Å². The maximum atomic E-state index is 15.0. The molecule has 7 aliphatic rings. The van der Waals surface area contributed by atoms with Crippen molar-refractivity contribution in [2.75, 3.05) is 0 Å². The van der Waals surface area contributed by atoms with Crippen LogP contribution in [0.25, 0.3) is 33.4 Å². The standard InChI is InChI=1S/C41H24O/c1-18-27-19-10-2-4-12-21(19)29-31-23-14-6-8-16-25(23)33-37(31)40-38-32(24-15-7-9-17-26(24)34(38)41(33)42)30-22-13-5-3-11-20(22)28(18)36(30)39(40)35(27)29/h2-17,29-30,33-34,40H,1H3. The summed E-state index contributed by atoms with van der Waals surface area (Å²) in [5.74, 6) is 0.604. The summed E-state index contributed by atoms with van der Waals surface area (Å²) in [4.78, 5) is 15.0. The van der Waals surface area contributed by atoms with Gasteiger partial charge in [0.25, 0.3) is 0 Å². The van der Waals surface area contributed by atoms with Crippen LogP contribution in [0.2, 0.25) is 0 Å². The fourth-order valence-corrected chi connectivity index (χ4v) is 10.9. The lowest BCUT2D eigenvalue weighted by molar-refractivity contribution is -0.121. The summed E-state index contributed by atoms with van der Waals surface area (Å²) in [7, 11) is 0. The maximum Gasteiger partial charge on any atom is 0.156 e. The molecule has 4 unspecified atom stereocenters. The zero-order valence-electron chi connectivity index (χ0n) is 23.0. The van der Waals surface area contributed by atoms with E-state index in [0.717, 1.165) is 0 Å². The van der Waals surface area contributed by atoms with Crippen LogP contribution in [0, 0.1) is 6.92 Å². The number of benzene rings is 5. The van der Waals surface area contributed by atoms with E-state index in [1.807, 2.05) is 0 Å². The number of fused-ring (bicyclic) bond motifs is 14. The molecule has 0 saturated heterocycles. The molecule has 5 aromatic carbocycles. The molecule has 0 spiro atoms. The van der Waals surface area contributed by atoms with Crippen LogP contribution in [0.3, 0.4) is 0 Å². The Morgan fingerprint density at radius 2 is 0.810 bits per heavy atom. The fourth-order valence-electron chi connectivity index (χ4n) is 10.9. The zero-order valence-corrected chi connectivity index (χ0v) is 23.0. The molecule has 4 atom stereocenters. The van der Waals surface area contributed by atoms with E-state index < -0.39 is 0 Å². The van der Waals surface area contributed by atoms with Gasteiger partial charge in [0, 0.05) is 17.8 Å². The summed E-state index contributed by atoms with van der Waals surface area (Å²) in [5, 5.41) is 0. The van der Waals surface area contributed by atoms with Gasteiger partial charge in [0.2, 0.25) is 0 Å². The van der Waals surface area contributed by atoms with Gasteiger partial charge in [-0.25, -0.2) is 0 Å². The summed E-state index contributed by atoms with van der Waals surface area (Å²) in [6, 6.07) is 36.0. The van der Waals surface area contributed by atoms with Crippen molar-refractivity contribution in [1.82, 2.24) is 0 Å². The summed E-state index contributed by atoms with van der Waals surface area (Å²) >= 11 is 0. The molecule has 0 heterocycles. The molecule has 1 nitrogen and oxygen atoms in total. The van der Waals surface area contributed by atoms with E-state index in [-0.39, 0.29) is 29.6 Å². The van der Waals surface area contributed by atoms with Crippen LogP contribution in [0.4, 0.5) is 0 Å². The summed E-state index contributed by atoms with van der Waals surface area (Å²) < 4.78 is 0. The summed E-state index contributed by atoms with van der Waals surface area (Å²) in [6.45, 7) is 2.38. The Kier molecular flexibility index (Phi) is 3.25. The van der Waals surface area contributed by atoms with E-state index in [1.54, 1.807) is 16.7 Å². The third-order valence-electron chi connectivity index (χ3n) is 12.0. The highest BCUT2D eigenvalue weighted by molar-refractivity contribution is 6.15. The molecule has 0 aliphatic heterocycles. The molecule has 5 aromatic rings. The van der Waals surface area contributed by atoms with Gasteiger partial charge in [-0.15, -0.1) is 0 Å². The normalized spacial score (nSPS) is 26.3. The first-order valence-corrected chi connectivity index (χ1v) is 15.3. The highest BCUT2D eigenvalue weighted by Gasteiger charge is 2.62. The Labute approximate surface area is 243 Å². The van der Waals surface area contributed by atoms with Crippen molar-refractivity contribution >= 4 is 16.9 Å². The van der Waals surface area contributed by atoms with Crippen molar-refractivity contribution < 1.29 is 4.79 Å². The monoisotopic (exact) mass is 532 g/mol. The predicted molar refractivity (Wildman–Crippen MR) is 166 cm³/mol. The van der Waals surface area contributed by atoms with E-state index in [4.69, 9.17) is 0 Å². The fraction of sp³-hybridized carbons (Fsp3) is 0.146. The minimum absolute atomic E-state index is 0.163. The van der Waals surface area contributed by atoms with Crippen LogP contribution in [0.15, 0.2) is 108 Å². The predicted octanol–water partition coefficient (Wildman–Crippen LogP) is 9.02. The van der Waals surface area contributed by atoms with Crippen LogP contribution < -0.4 is 0 Å². The Hall–Kier alpha value is -4.75. The van der Waals surface area contributed by atoms with Crippen LogP contribution in [-0.4, -0.2) is 5.78 Å². The number of carbonyl (C=O) groups excluding carboxylic acids is 1. The number of hydrogen-bond donors (Lipinski definition) is 0. The SMILES string of the molecule is Cc1c2c3c4c5c1-c1ccccc1C5C1=C5C(C(=O)C6C(=C(c7ccccc76)C3c3ccccc3-2)C54)c2ccccc21. The van der Waals surface area contributed by atoms with Gasteiger partial charge in [-0.05, 0) is 107 Å². The van der Waals surface area contributed by atoms with E-state index in [0.29, 0.717) is 5.78 Å². The maximum absolute atomic E-state index is 15.0. The molecule has 7 aliphatic carbocycles. The molecule has 194 valence electrons. The van der Waals surface area contributed by atoms with E-state index in [9.17, 15) is 0 Å². The van der Waals surface area contributed by atoms with E-state index >= 15 is 4.79 Å². The molecular weight excluding hydrogens is 508 g/mol. The Morgan fingerprint density at radius 3 is 1.26 bits per heavy atom. The average Bonchev–Trinajstić information content (AvgIpc) is 3.75. The lowest BCUT2D eigenvalue weighted by Crippen LogP contribution is -2.36. The second-order valence-electron chi connectivity index (χ2n) is 13.3. The molecule has 0 N–H and O–H groups in total. The minimum atomic E-state index is -0.163. The second-order valence-corrected chi connectivity index (χ2v) is 13.3. The highest BCUT2D eigenvalue weighted by Crippen LogP contribution is 2.76. The number of hydrogen-bond acceptors (Lipinski definition) is 1. The van der Waals surface area contributed by atoms with Crippen molar-refractivity contribution in [3.63, 3.8) is 0 Å². The molecule has 0 aromatic heterocycles. The van der Waals surface area contributed by atoms with Crippen LogP contribution in [0.1, 0.15) is 85.2 Å². The molecule has 1 heteroatoms. The van der Waals surface area contributed by atoms with E-state index in [2.05, 4.69) is 104 Å². The first kappa shape index (κ1) is 21.0. The van der Waals surface area contributed by atoms with Crippen LogP contribution in [0.5, 0.6) is 0 Å². The van der Waals surface area contributed by atoms with Crippen molar-refractivity contribution in [1.29, 1.82) is 0 Å². The first-order chi connectivity index (χ1) is 20.8. The van der Waals surface area contributed by atoms with Gasteiger partial charge in [-0.1, -0.05) is 97.1 Å². The van der Waals surface area contributed by atoms with Crippen molar-refractivity contribution in [2.24, 2.45) is 0 Å². The number of ketones is 1. The molecule has 1 fully saturated rings. The van der Waals surface area contributed by atoms with E-state index in [1.165, 1.54) is 83.5 Å². The Bertz CT molecular complexity index is 2150. The summed E-state index contributed by atoms with van der Waals surface area (Å²) in [5.41, 5.74) is 25.3. The van der Waals surface area contributed by atoms with Gasteiger partial charge in [-0.2, -0.15) is 0 Å². The van der Waals surface area contributed by atoms with Crippen LogP contribution >= 0.6 is 0 Å². The molecule has 12 rings (SSSR count). The molecule has 42 heavy (non-hydrogen) atoms. The molecule has 0 radical (unpaired) electrons. The number of carbonyl (C=O) groups is 1. The van der Waals surface area contributed by atoms with Gasteiger partial charge < -0.3 is 0 Å². The highest BCUT2D eigenvalue weighted by atomic mass is 16.1. The van der Waals surface area contributed by atoms with Gasteiger partial charge in [0.1, 0.15) is 0 Å². The van der Waals surface area contributed by atoms with Crippen molar-refractivity contribution in [3.8, 4) is 22.3 Å². The summed E-state index contributed by atoms with van der Waals surface area (Å²) in [6.07, 6.45) is 0. The lowest BCUT2D eigenvalue weighted by Gasteiger charge is -2.46. The second kappa shape index (κ2) is 6.50. The number of allylic oxidation sites excluding steroid dienone is 4. The van der Waals surface area contributed by atoms with Crippen molar-refractivity contribution in [3.05, 3.63) is 164 Å². The van der Waals surface area contributed by atoms with Crippen molar-refractivity contribution in [2.45, 2.75) is 36.5 Å². The first-order valence-electron chi connectivity index (χ1n) is 15.3. The molecule has 0 bridgehead atoms. The van der Waals surface area contributed by atoms with Gasteiger partial charge in [-0.3, -0.25) is 4.79 Å². The van der Waals surface area contributed by atoms with Gasteiger partial charge in [0.05, 0.1) is 11.8 Å². The molecule has 0 amide bonds. The molecule has 1 saturated carbocycles. The van der Waals surface area contributed by atoms with Gasteiger partial charge >= 0.3 is 0 Å². The number of Topliss-reactive ketones (excluding diaryl/α,β-unsaturated/α-hetero) is 1. The molecular formula is C41H24O. The Morgan fingerprint density at radius 1 is 0.429 bits per heavy atom. The lowest BCUT2D eigenvalue weighted by atomic mass is 9.56. The third kappa shape index (κ3) is 1.91. The Balaban J connectivity index is 1.35. The largest absolute Gasteiger partial charge is 0.298 e. The smallest absolute Gasteiger partial charge is 0.156 e. The topological polar surface area (TPSA) is 17.1 Å². The minimum Gasteiger partial charge on any atom is -0.298 e. The third-order valence-corrected chi connectivity index (χ3v) is 12.0. The quantitative estimate of drug-likeness (QED) is 0.194.